The Hall–Kier alpha value is -3.12. The first-order valence-electron chi connectivity index (χ1n) is 9.27. The van der Waals surface area contributed by atoms with Gasteiger partial charge < -0.3 is 15.2 Å². The summed E-state index contributed by atoms with van der Waals surface area (Å²) in [6, 6.07) is 18.4. The molecule has 0 aliphatic heterocycles. The van der Waals surface area contributed by atoms with Crippen molar-refractivity contribution in [1.82, 2.24) is 15.1 Å². The van der Waals surface area contributed by atoms with E-state index in [-0.39, 0.29) is 18.4 Å². The van der Waals surface area contributed by atoms with Crippen molar-refractivity contribution >= 4 is 5.91 Å². The van der Waals surface area contributed by atoms with Crippen LogP contribution in [-0.2, 0) is 7.05 Å². The van der Waals surface area contributed by atoms with E-state index in [1.807, 2.05) is 56.3 Å². The molecule has 1 amide bonds. The first-order valence-corrected chi connectivity index (χ1v) is 9.27. The predicted molar refractivity (Wildman–Crippen MR) is 108 cm³/mol. The second-order valence-corrected chi connectivity index (χ2v) is 6.95. The highest BCUT2D eigenvalue weighted by molar-refractivity contribution is 5.92. The maximum absolute atomic E-state index is 12.4. The molecule has 1 aromatic heterocycles. The van der Waals surface area contributed by atoms with Crippen LogP contribution in [0, 0.1) is 0 Å². The summed E-state index contributed by atoms with van der Waals surface area (Å²) >= 11 is 0. The summed E-state index contributed by atoms with van der Waals surface area (Å²) in [6.45, 7) is 4.15. The summed E-state index contributed by atoms with van der Waals surface area (Å²) in [4.78, 5) is 12.4. The van der Waals surface area contributed by atoms with Gasteiger partial charge in [0.2, 0.25) is 0 Å². The second kappa shape index (κ2) is 8.71. The average Bonchev–Trinajstić information content (AvgIpc) is 3.09. The molecule has 1 atom stereocenters. The molecule has 0 fully saturated rings. The molecule has 0 spiro atoms. The molecule has 0 aliphatic rings. The fourth-order valence-electron chi connectivity index (χ4n) is 2.79. The van der Waals surface area contributed by atoms with Crippen LogP contribution in [0.1, 0.15) is 47.6 Å². The van der Waals surface area contributed by atoms with E-state index >= 15 is 0 Å². The van der Waals surface area contributed by atoms with Crippen molar-refractivity contribution in [3.05, 3.63) is 77.6 Å². The largest absolute Gasteiger partial charge is 0.457 e. The summed E-state index contributed by atoms with van der Waals surface area (Å²) < 4.78 is 7.36. The number of aryl methyl sites for hydroxylation is 1. The lowest BCUT2D eigenvalue weighted by Crippen LogP contribution is -2.29. The third-order valence-electron chi connectivity index (χ3n) is 4.40. The van der Waals surface area contributed by atoms with E-state index in [1.165, 1.54) is 0 Å². The predicted octanol–water partition coefficient (Wildman–Crippen LogP) is 3.80. The van der Waals surface area contributed by atoms with Gasteiger partial charge >= 0.3 is 0 Å². The Morgan fingerprint density at radius 3 is 2.50 bits per heavy atom. The lowest BCUT2D eigenvalue weighted by atomic mass is 10.1. The molecule has 2 N–H and O–H groups in total. The number of carbonyl (C=O) groups excluding carboxylic acids is 1. The van der Waals surface area contributed by atoms with Crippen LogP contribution in [0.4, 0.5) is 0 Å². The van der Waals surface area contributed by atoms with Gasteiger partial charge in [-0.3, -0.25) is 9.48 Å². The van der Waals surface area contributed by atoms with Gasteiger partial charge in [-0.15, -0.1) is 0 Å². The van der Waals surface area contributed by atoms with Gasteiger partial charge in [-0.25, -0.2) is 0 Å². The highest BCUT2D eigenvalue weighted by atomic mass is 16.5. The van der Waals surface area contributed by atoms with E-state index in [0.717, 1.165) is 11.4 Å². The van der Waals surface area contributed by atoms with Gasteiger partial charge in [0, 0.05) is 13.6 Å². The molecule has 0 aliphatic carbocycles. The number of carbonyl (C=O) groups is 1. The SMILES string of the molecule is CC(C)c1cc(C(=O)NC[C@@H](O)c2cccc(Oc3ccccc3)c2)n(C)n1. The lowest BCUT2D eigenvalue weighted by molar-refractivity contribution is 0.0907. The summed E-state index contributed by atoms with van der Waals surface area (Å²) in [5, 5.41) is 17.6. The molecule has 6 nitrogen and oxygen atoms in total. The van der Waals surface area contributed by atoms with Gasteiger partial charge in [0.25, 0.3) is 5.91 Å². The van der Waals surface area contributed by atoms with Crippen LogP contribution in [-0.4, -0.2) is 27.3 Å². The van der Waals surface area contributed by atoms with Crippen molar-refractivity contribution in [3.8, 4) is 11.5 Å². The smallest absolute Gasteiger partial charge is 0.269 e. The molecular weight excluding hydrogens is 354 g/mol. The number of aromatic nitrogens is 2. The highest BCUT2D eigenvalue weighted by Gasteiger charge is 2.17. The van der Waals surface area contributed by atoms with E-state index in [9.17, 15) is 9.90 Å². The standard InChI is InChI=1S/C22H25N3O3/c1-15(2)19-13-20(25(3)24-19)22(27)23-14-21(26)16-8-7-11-18(12-16)28-17-9-5-4-6-10-17/h4-13,15,21,26H,14H2,1-3H3,(H,23,27)/t21-/m1/s1. The molecule has 6 heteroatoms. The number of aliphatic hydroxyl groups excluding tert-OH is 1. The van der Waals surface area contributed by atoms with Crippen LogP contribution in [0.2, 0.25) is 0 Å². The number of amides is 1. The van der Waals surface area contributed by atoms with Crippen LogP contribution in [0.5, 0.6) is 11.5 Å². The van der Waals surface area contributed by atoms with Crippen LogP contribution in [0.25, 0.3) is 0 Å². The normalized spacial score (nSPS) is 12.0. The Kier molecular flexibility index (Phi) is 6.11. The van der Waals surface area contributed by atoms with Crippen molar-refractivity contribution in [2.75, 3.05) is 6.54 Å². The quantitative estimate of drug-likeness (QED) is 0.655. The maximum Gasteiger partial charge on any atom is 0.269 e. The summed E-state index contributed by atoms with van der Waals surface area (Å²) in [7, 11) is 1.74. The average molecular weight is 379 g/mol. The van der Waals surface area contributed by atoms with Crippen LogP contribution >= 0.6 is 0 Å². The Labute approximate surface area is 164 Å². The van der Waals surface area contributed by atoms with E-state index in [4.69, 9.17) is 4.74 Å². The maximum atomic E-state index is 12.4. The third kappa shape index (κ3) is 4.78. The fraction of sp³-hybridized carbons (Fsp3) is 0.273. The molecule has 0 saturated carbocycles. The summed E-state index contributed by atoms with van der Waals surface area (Å²) in [5.74, 6) is 1.32. The third-order valence-corrected chi connectivity index (χ3v) is 4.40. The number of nitrogens with one attached hydrogen (secondary N) is 1. The van der Waals surface area contributed by atoms with Crippen LogP contribution in [0.3, 0.4) is 0 Å². The molecule has 0 saturated heterocycles. The van der Waals surface area contributed by atoms with Gasteiger partial charge in [-0.1, -0.05) is 44.2 Å². The van der Waals surface area contributed by atoms with Crippen molar-refractivity contribution in [1.29, 1.82) is 0 Å². The number of rotatable bonds is 7. The molecule has 1 heterocycles. The van der Waals surface area contributed by atoms with E-state index in [0.29, 0.717) is 17.0 Å². The molecular formula is C22H25N3O3. The fourth-order valence-corrected chi connectivity index (χ4v) is 2.79. The number of aliphatic hydroxyl groups is 1. The minimum Gasteiger partial charge on any atom is -0.457 e. The molecule has 0 radical (unpaired) electrons. The zero-order chi connectivity index (χ0) is 20.1. The second-order valence-electron chi connectivity index (χ2n) is 6.95. The van der Waals surface area contributed by atoms with Gasteiger partial charge in [0.05, 0.1) is 11.8 Å². The Bertz CT molecular complexity index is 935. The lowest BCUT2D eigenvalue weighted by Gasteiger charge is -2.14. The zero-order valence-electron chi connectivity index (χ0n) is 16.3. The van der Waals surface area contributed by atoms with Gasteiger partial charge in [-0.05, 0) is 41.8 Å². The molecule has 2 aromatic carbocycles. The van der Waals surface area contributed by atoms with Crippen molar-refractivity contribution < 1.29 is 14.6 Å². The summed E-state index contributed by atoms with van der Waals surface area (Å²) in [6.07, 6.45) is -0.846. The molecule has 3 aromatic rings. The van der Waals surface area contributed by atoms with Gasteiger partial charge in [0.15, 0.2) is 0 Å². The molecule has 3 rings (SSSR count). The minimum absolute atomic E-state index is 0.0931. The van der Waals surface area contributed by atoms with E-state index in [1.54, 1.807) is 29.9 Å². The van der Waals surface area contributed by atoms with Crippen molar-refractivity contribution in [2.24, 2.45) is 7.05 Å². The molecule has 28 heavy (non-hydrogen) atoms. The van der Waals surface area contributed by atoms with E-state index < -0.39 is 6.10 Å². The summed E-state index contributed by atoms with van der Waals surface area (Å²) in [5.41, 5.74) is 2.00. The Morgan fingerprint density at radius 2 is 1.82 bits per heavy atom. The Balaban J connectivity index is 1.62. The molecule has 0 unspecified atom stereocenters. The van der Waals surface area contributed by atoms with Crippen molar-refractivity contribution in [2.45, 2.75) is 25.9 Å². The molecule has 0 bridgehead atoms. The number of ether oxygens (including phenoxy) is 1. The van der Waals surface area contributed by atoms with Crippen LogP contribution in [0.15, 0.2) is 60.7 Å². The van der Waals surface area contributed by atoms with Gasteiger partial charge in [-0.2, -0.15) is 5.10 Å². The van der Waals surface area contributed by atoms with Crippen LogP contribution < -0.4 is 10.1 Å². The monoisotopic (exact) mass is 379 g/mol. The number of hydrogen-bond acceptors (Lipinski definition) is 4. The Morgan fingerprint density at radius 1 is 1.11 bits per heavy atom. The highest BCUT2D eigenvalue weighted by Crippen LogP contribution is 2.24. The van der Waals surface area contributed by atoms with Crippen molar-refractivity contribution in [3.63, 3.8) is 0 Å². The number of benzene rings is 2. The minimum atomic E-state index is -0.846. The first kappa shape index (κ1) is 19.6. The number of hydrogen-bond donors (Lipinski definition) is 2. The number of para-hydroxylation sites is 1. The van der Waals surface area contributed by atoms with E-state index in [2.05, 4.69) is 10.4 Å². The molecule has 146 valence electrons. The van der Waals surface area contributed by atoms with Gasteiger partial charge in [0.1, 0.15) is 17.2 Å². The first-order chi connectivity index (χ1) is 13.4. The number of nitrogens with zero attached hydrogens (tertiary/aromatic N) is 2. The zero-order valence-corrected chi connectivity index (χ0v) is 16.3. The topological polar surface area (TPSA) is 76.4 Å².